The predicted molar refractivity (Wildman–Crippen MR) is 86.0 cm³/mol. The Labute approximate surface area is 138 Å². The van der Waals surface area contributed by atoms with Gasteiger partial charge in [-0.2, -0.15) is 0 Å². The molecule has 1 aromatic rings. The minimum absolute atomic E-state index is 0. The second-order valence-corrected chi connectivity index (χ2v) is 7.50. The summed E-state index contributed by atoms with van der Waals surface area (Å²) in [6.45, 7) is 8.42. The first-order chi connectivity index (χ1) is 9.00. The Bertz CT molecular complexity index is 470. The zero-order chi connectivity index (χ0) is 14.0. The first-order valence-corrected chi connectivity index (χ1v) is 8.46. The van der Waals surface area contributed by atoms with E-state index >= 15 is 0 Å². The van der Waals surface area contributed by atoms with Crippen LogP contribution in [0.25, 0.3) is 0 Å². The minimum Gasteiger partial charge on any atom is -1.00 e. The fourth-order valence-corrected chi connectivity index (χ4v) is 4.65. The van der Waals surface area contributed by atoms with Gasteiger partial charge in [0.1, 0.15) is 0 Å². The van der Waals surface area contributed by atoms with Gasteiger partial charge in [-0.05, 0) is 77.0 Å². The van der Waals surface area contributed by atoms with E-state index in [1.807, 2.05) is 0 Å². The van der Waals surface area contributed by atoms with E-state index < -0.39 is 0 Å². The zero-order valence-corrected chi connectivity index (χ0v) is 14.6. The topological polar surface area (TPSA) is 17.1 Å². The number of hydrogen-bond acceptors (Lipinski definition) is 1. The number of carbonyl (C=O) groups excluding carboxylic acids is 1. The van der Waals surface area contributed by atoms with E-state index in [-0.39, 0.29) is 20.3 Å². The van der Waals surface area contributed by atoms with Gasteiger partial charge in [0.25, 0.3) is 0 Å². The van der Waals surface area contributed by atoms with Crippen molar-refractivity contribution in [3.8, 4) is 0 Å². The Morgan fingerprint density at radius 1 is 1.05 bits per heavy atom. The van der Waals surface area contributed by atoms with Gasteiger partial charge >= 0.3 is 18.9 Å². The summed E-state index contributed by atoms with van der Waals surface area (Å²) in [4.78, 5) is 12.7. The van der Waals surface area contributed by atoms with Gasteiger partial charge in [-0.25, -0.2) is 0 Å². The van der Waals surface area contributed by atoms with Crippen molar-refractivity contribution in [3.05, 3.63) is 33.9 Å². The van der Waals surface area contributed by atoms with Crippen molar-refractivity contribution in [2.75, 3.05) is 0 Å². The van der Waals surface area contributed by atoms with Gasteiger partial charge < -0.3 is 1.43 Å². The Morgan fingerprint density at radius 3 is 2.05 bits per heavy atom. The normalized spacial score (nSPS) is 16.4. The number of rotatable bonds is 3. The molecule has 1 unspecified atom stereocenters. The summed E-state index contributed by atoms with van der Waals surface area (Å²) in [6, 6.07) is 2.20. The fourth-order valence-electron chi connectivity index (χ4n) is 3.06. The molecule has 0 aromatic heterocycles. The van der Waals surface area contributed by atoms with E-state index in [1.54, 1.807) is 0 Å². The van der Waals surface area contributed by atoms with E-state index in [2.05, 4.69) is 33.8 Å². The molecule has 1 aliphatic carbocycles. The van der Waals surface area contributed by atoms with Crippen LogP contribution >= 0.6 is 8.58 Å². The molecule has 0 radical (unpaired) electrons. The summed E-state index contributed by atoms with van der Waals surface area (Å²) in [6.07, 6.45) is 6.50. The Balaban J connectivity index is 0.00000200. The Hall–Kier alpha value is -0.0826. The van der Waals surface area contributed by atoms with Gasteiger partial charge in [0.15, 0.2) is 5.52 Å². The predicted octanol–water partition coefficient (Wildman–Crippen LogP) is 2.19. The monoisotopic (exact) mass is 284 g/mol. The van der Waals surface area contributed by atoms with Crippen LogP contribution in [0.15, 0.2) is 6.07 Å². The molecule has 1 aromatic carbocycles. The van der Waals surface area contributed by atoms with Crippen LogP contribution in [0.1, 0.15) is 66.1 Å². The van der Waals surface area contributed by atoms with Crippen molar-refractivity contribution in [3.63, 3.8) is 0 Å². The van der Waals surface area contributed by atoms with Crippen LogP contribution in [-0.2, 0) is 0 Å². The number of aryl methyl sites for hydroxylation is 2. The Kier molecular flexibility index (Phi) is 7.00. The van der Waals surface area contributed by atoms with E-state index in [0.717, 1.165) is 5.56 Å². The summed E-state index contributed by atoms with van der Waals surface area (Å²) in [7, 11) is 0.479. The maximum absolute atomic E-state index is 12.7. The van der Waals surface area contributed by atoms with Crippen molar-refractivity contribution < 1.29 is 25.1 Å². The van der Waals surface area contributed by atoms with E-state index in [1.165, 1.54) is 54.4 Å². The number of benzene rings is 1. The molecule has 1 fully saturated rings. The van der Waals surface area contributed by atoms with Crippen molar-refractivity contribution in [1.29, 1.82) is 0 Å². The van der Waals surface area contributed by atoms with Gasteiger partial charge in [0.2, 0.25) is 0 Å². The van der Waals surface area contributed by atoms with Gasteiger partial charge in [-0.1, -0.05) is 25.3 Å². The molecule has 0 N–H and O–H groups in total. The van der Waals surface area contributed by atoms with Crippen molar-refractivity contribution >= 4 is 14.1 Å². The smallest absolute Gasteiger partial charge is 1.00 e. The summed E-state index contributed by atoms with van der Waals surface area (Å²) in [5.41, 5.74) is 6.95. The van der Waals surface area contributed by atoms with E-state index in [4.69, 9.17) is 0 Å². The average molecular weight is 284 g/mol. The van der Waals surface area contributed by atoms with Gasteiger partial charge in [0.05, 0.1) is 0 Å². The fraction of sp³-hybridized carbons (Fsp3) is 0.588. The summed E-state index contributed by atoms with van der Waals surface area (Å²) >= 11 is 0. The van der Waals surface area contributed by atoms with Crippen molar-refractivity contribution in [1.82, 2.24) is 0 Å². The molecule has 1 nitrogen and oxygen atoms in total. The van der Waals surface area contributed by atoms with Crippen LogP contribution in [0.3, 0.4) is 0 Å². The SMILES string of the molecule is Cc1cc(C)c(C)c(C(=O)PC2CCCCC2)c1C.[H-].[Li+]. The van der Waals surface area contributed by atoms with Crippen LogP contribution in [0.2, 0.25) is 0 Å². The van der Waals surface area contributed by atoms with E-state index in [9.17, 15) is 4.79 Å². The zero-order valence-electron chi connectivity index (χ0n) is 14.6. The van der Waals surface area contributed by atoms with Crippen LogP contribution in [0, 0.1) is 27.7 Å². The molecule has 0 bridgehead atoms. The standard InChI is InChI=1S/C17H25OP.Li.H/c1-11-10-12(2)14(4)16(13(11)3)17(18)19-15-8-6-5-7-9-15;;/h10,15,19H,5-9H2,1-4H3;;/q;+1;-1. The summed E-state index contributed by atoms with van der Waals surface area (Å²) in [5, 5.41) is 0. The molecule has 0 amide bonds. The molecule has 1 saturated carbocycles. The molecule has 0 aliphatic heterocycles. The van der Waals surface area contributed by atoms with Crippen LogP contribution in [0.4, 0.5) is 0 Å². The van der Waals surface area contributed by atoms with Gasteiger partial charge in [-0.3, -0.25) is 4.79 Å². The summed E-state index contributed by atoms with van der Waals surface area (Å²) < 4.78 is 0. The molecule has 0 heterocycles. The number of hydrogen-bond donors (Lipinski definition) is 0. The van der Waals surface area contributed by atoms with E-state index in [0.29, 0.717) is 19.8 Å². The average Bonchev–Trinajstić information content (AvgIpc) is 2.38. The molecule has 0 spiro atoms. The summed E-state index contributed by atoms with van der Waals surface area (Å²) in [5.74, 6) is 0. The quantitative estimate of drug-likeness (QED) is 0.614. The third-order valence-electron chi connectivity index (χ3n) is 4.53. The van der Waals surface area contributed by atoms with Gasteiger partial charge in [0, 0.05) is 5.56 Å². The molecule has 3 heteroatoms. The second-order valence-electron chi connectivity index (χ2n) is 5.94. The molecule has 0 saturated heterocycles. The molecule has 106 valence electrons. The van der Waals surface area contributed by atoms with Crippen molar-refractivity contribution in [2.45, 2.75) is 65.5 Å². The van der Waals surface area contributed by atoms with Crippen LogP contribution < -0.4 is 18.9 Å². The van der Waals surface area contributed by atoms with Crippen molar-refractivity contribution in [2.24, 2.45) is 0 Å². The van der Waals surface area contributed by atoms with Crippen LogP contribution in [0.5, 0.6) is 0 Å². The third kappa shape index (κ3) is 3.97. The van der Waals surface area contributed by atoms with Crippen LogP contribution in [-0.4, -0.2) is 11.2 Å². The molecule has 1 aliphatic rings. The minimum atomic E-state index is 0. The molecular weight excluding hydrogens is 258 g/mol. The second kappa shape index (κ2) is 7.79. The maximum Gasteiger partial charge on any atom is 1.00 e. The molecule has 1 atom stereocenters. The molecule has 20 heavy (non-hydrogen) atoms. The molecule has 2 rings (SSSR count). The largest absolute Gasteiger partial charge is 1.00 e. The first kappa shape index (κ1) is 18.0. The number of carbonyl (C=O) groups is 1. The van der Waals surface area contributed by atoms with Gasteiger partial charge in [-0.15, -0.1) is 0 Å². The Morgan fingerprint density at radius 2 is 1.55 bits per heavy atom. The first-order valence-electron chi connectivity index (χ1n) is 7.39. The maximum atomic E-state index is 12.7. The third-order valence-corrected chi connectivity index (χ3v) is 6.03. The molecular formula is C17H26LiOP.